The van der Waals surface area contributed by atoms with Crippen LogP contribution in [0.3, 0.4) is 0 Å². The Bertz CT molecular complexity index is 801. The molecule has 0 spiro atoms. The first-order valence-electron chi connectivity index (χ1n) is 7.21. The van der Waals surface area contributed by atoms with Crippen LogP contribution < -0.4 is 4.90 Å². The van der Waals surface area contributed by atoms with Gasteiger partial charge in [-0.25, -0.2) is 9.37 Å². The Morgan fingerprint density at radius 2 is 1.95 bits per heavy atom. The highest BCUT2D eigenvalue weighted by molar-refractivity contribution is 5.51. The van der Waals surface area contributed by atoms with E-state index in [4.69, 9.17) is 4.42 Å². The van der Waals surface area contributed by atoms with Crippen molar-refractivity contribution in [3.63, 3.8) is 0 Å². The topological polar surface area (TPSA) is 42.2 Å². The summed E-state index contributed by atoms with van der Waals surface area (Å²) < 4.78 is 19.7. The van der Waals surface area contributed by atoms with Crippen LogP contribution in [0.15, 0.2) is 53.1 Å². The minimum absolute atomic E-state index is 0.209. The van der Waals surface area contributed by atoms with E-state index in [0.29, 0.717) is 36.8 Å². The van der Waals surface area contributed by atoms with Gasteiger partial charge in [-0.05, 0) is 24.3 Å². The first-order chi connectivity index (χ1) is 10.8. The molecule has 0 amide bonds. The van der Waals surface area contributed by atoms with Gasteiger partial charge in [0.1, 0.15) is 23.0 Å². The van der Waals surface area contributed by atoms with Crippen LogP contribution in [-0.4, -0.2) is 16.5 Å². The van der Waals surface area contributed by atoms with Crippen LogP contribution >= 0.6 is 0 Å². The maximum absolute atomic E-state index is 13.9. The van der Waals surface area contributed by atoms with Crippen LogP contribution in [-0.2, 0) is 13.0 Å². The van der Waals surface area contributed by atoms with E-state index in [0.717, 1.165) is 11.5 Å². The van der Waals surface area contributed by atoms with E-state index in [1.807, 2.05) is 29.2 Å². The van der Waals surface area contributed by atoms with Crippen molar-refractivity contribution in [1.29, 1.82) is 0 Å². The molecular weight excluding hydrogens is 281 g/mol. The molecule has 0 bridgehead atoms. The fourth-order valence-electron chi connectivity index (χ4n) is 2.71. The summed E-state index contributed by atoms with van der Waals surface area (Å²) in [5.41, 5.74) is 2.18. The molecule has 110 valence electrons. The molecule has 5 heteroatoms. The third kappa shape index (κ3) is 2.24. The molecule has 3 heterocycles. The average molecular weight is 295 g/mol. The summed E-state index contributed by atoms with van der Waals surface area (Å²) in [6.45, 7) is 1.26. The van der Waals surface area contributed by atoms with Gasteiger partial charge in [0.25, 0.3) is 0 Å². The van der Waals surface area contributed by atoms with Gasteiger partial charge in [-0.2, -0.15) is 0 Å². The second-order valence-electron chi connectivity index (χ2n) is 5.23. The molecule has 0 aliphatic carbocycles. The van der Waals surface area contributed by atoms with Crippen molar-refractivity contribution in [1.82, 2.24) is 9.97 Å². The number of nitrogens with zero attached hydrogens (tertiary/aromatic N) is 3. The van der Waals surface area contributed by atoms with E-state index < -0.39 is 0 Å². The number of benzene rings is 1. The van der Waals surface area contributed by atoms with Gasteiger partial charge in [0.05, 0.1) is 12.2 Å². The first kappa shape index (κ1) is 13.0. The van der Waals surface area contributed by atoms with Crippen molar-refractivity contribution in [3.8, 4) is 11.6 Å². The number of hydrogen-bond acceptors (Lipinski definition) is 4. The predicted molar refractivity (Wildman–Crippen MR) is 80.9 cm³/mol. The minimum atomic E-state index is -0.209. The average Bonchev–Trinajstić information content (AvgIpc) is 2.99. The molecule has 4 rings (SSSR count). The highest BCUT2D eigenvalue weighted by atomic mass is 19.1. The van der Waals surface area contributed by atoms with E-state index in [1.54, 1.807) is 18.3 Å². The Morgan fingerprint density at radius 3 is 2.77 bits per heavy atom. The molecule has 4 nitrogen and oxygen atoms in total. The number of hydrogen-bond donors (Lipinski definition) is 0. The second kappa shape index (κ2) is 5.26. The van der Waals surface area contributed by atoms with Crippen LogP contribution in [0, 0.1) is 5.82 Å². The molecule has 2 aromatic heterocycles. The third-order valence-corrected chi connectivity index (χ3v) is 3.80. The normalized spacial score (nSPS) is 14.0. The third-order valence-electron chi connectivity index (χ3n) is 3.80. The summed E-state index contributed by atoms with van der Waals surface area (Å²) in [7, 11) is 0. The summed E-state index contributed by atoms with van der Waals surface area (Å²) in [5, 5.41) is 0. The molecule has 0 saturated heterocycles. The number of oxazole rings is 1. The number of fused-ring (bicyclic) bond motifs is 1. The van der Waals surface area contributed by atoms with E-state index in [9.17, 15) is 4.39 Å². The van der Waals surface area contributed by atoms with Gasteiger partial charge in [-0.1, -0.05) is 18.2 Å². The fourth-order valence-corrected chi connectivity index (χ4v) is 2.71. The first-order valence-corrected chi connectivity index (χ1v) is 7.21. The lowest BCUT2D eigenvalue weighted by atomic mass is 10.1. The largest absolute Gasteiger partial charge is 0.439 e. The van der Waals surface area contributed by atoms with Crippen molar-refractivity contribution in [2.75, 3.05) is 11.4 Å². The van der Waals surface area contributed by atoms with Crippen LogP contribution in [0.2, 0.25) is 0 Å². The quantitative estimate of drug-likeness (QED) is 0.726. The number of pyridine rings is 1. The van der Waals surface area contributed by atoms with Crippen LogP contribution in [0.4, 0.5) is 10.1 Å². The van der Waals surface area contributed by atoms with Gasteiger partial charge in [0.2, 0.25) is 5.89 Å². The summed E-state index contributed by atoms with van der Waals surface area (Å²) in [6, 6.07) is 12.4. The van der Waals surface area contributed by atoms with Crippen molar-refractivity contribution < 1.29 is 8.81 Å². The Kier molecular flexibility index (Phi) is 3.11. The van der Waals surface area contributed by atoms with Gasteiger partial charge >= 0.3 is 0 Å². The van der Waals surface area contributed by atoms with Crippen molar-refractivity contribution in [2.24, 2.45) is 0 Å². The van der Waals surface area contributed by atoms with Crippen LogP contribution in [0.25, 0.3) is 11.6 Å². The zero-order valence-electron chi connectivity index (χ0n) is 11.9. The summed E-state index contributed by atoms with van der Waals surface area (Å²) in [5.74, 6) is 1.19. The van der Waals surface area contributed by atoms with E-state index in [-0.39, 0.29) is 5.82 Å². The van der Waals surface area contributed by atoms with Gasteiger partial charge in [-0.15, -0.1) is 0 Å². The Labute approximate surface area is 127 Å². The molecule has 0 N–H and O–H groups in total. The minimum Gasteiger partial charge on any atom is -0.439 e. The standard InChI is InChI=1S/C17H14FN3O/c18-12-5-1-2-7-15(12)21-10-8-16-14(11-21)20-17(22-16)13-6-3-4-9-19-13/h1-7,9H,8,10-11H2. The van der Waals surface area contributed by atoms with Crippen molar-refractivity contribution in [2.45, 2.75) is 13.0 Å². The lowest BCUT2D eigenvalue weighted by Gasteiger charge is -2.27. The number of rotatable bonds is 2. The van der Waals surface area contributed by atoms with Crippen molar-refractivity contribution in [3.05, 3.63) is 65.9 Å². The molecule has 3 aromatic rings. The molecule has 0 radical (unpaired) electrons. The van der Waals surface area contributed by atoms with E-state index in [2.05, 4.69) is 9.97 Å². The molecule has 0 fully saturated rings. The maximum Gasteiger partial charge on any atom is 0.245 e. The molecular formula is C17H14FN3O. The van der Waals surface area contributed by atoms with Gasteiger partial charge in [-0.3, -0.25) is 4.98 Å². The number of para-hydroxylation sites is 1. The molecule has 0 unspecified atom stereocenters. The van der Waals surface area contributed by atoms with E-state index in [1.165, 1.54) is 6.07 Å². The highest BCUT2D eigenvalue weighted by Crippen LogP contribution is 2.29. The smallest absolute Gasteiger partial charge is 0.245 e. The fraction of sp³-hybridized carbons (Fsp3) is 0.176. The summed E-state index contributed by atoms with van der Waals surface area (Å²) >= 11 is 0. The second-order valence-corrected chi connectivity index (χ2v) is 5.23. The molecule has 22 heavy (non-hydrogen) atoms. The Balaban J connectivity index is 1.64. The SMILES string of the molecule is Fc1ccccc1N1CCc2oc(-c3ccccn3)nc2C1. The van der Waals surface area contributed by atoms with Crippen LogP contribution in [0.5, 0.6) is 0 Å². The van der Waals surface area contributed by atoms with Crippen LogP contribution in [0.1, 0.15) is 11.5 Å². The van der Waals surface area contributed by atoms with E-state index >= 15 is 0 Å². The van der Waals surface area contributed by atoms with Gasteiger partial charge < -0.3 is 9.32 Å². The molecule has 0 saturated carbocycles. The van der Waals surface area contributed by atoms with Crippen molar-refractivity contribution >= 4 is 5.69 Å². The number of anilines is 1. The number of halogens is 1. The lowest BCUT2D eigenvalue weighted by molar-refractivity contribution is 0.496. The predicted octanol–water partition coefficient (Wildman–Crippen LogP) is 3.44. The highest BCUT2D eigenvalue weighted by Gasteiger charge is 2.24. The zero-order valence-corrected chi connectivity index (χ0v) is 11.9. The zero-order chi connectivity index (χ0) is 14.9. The Hall–Kier alpha value is -2.69. The van der Waals surface area contributed by atoms with Gasteiger partial charge in [0, 0.05) is 19.2 Å². The monoisotopic (exact) mass is 295 g/mol. The molecule has 1 aliphatic heterocycles. The molecule has 0 atom stereocenters. The molecule has 1 aromatic carbocycles. The summed E-state index contributed by atoms with van der Waals surface area (Å²) in [4.78, 5) is 10.8. The van der Waals surface area contributed by atoms with Gasteiger partial charge in [0.15, 0.2) is 0 Å². The number of aromatic nitrogens is 2. The molecule has 1 aliphatic rings. The summed E-state index contributed by atoms with van der Waals surface area (Å²) in [6.07, 6.45) is 2.42. The Morgan fingerprint density at radius 1 is 1.09 bits per heavy atom. The lowest BCUT2D eigenvalue weighted by Crippen LogP contribution is -2.30. The maximum atomic E-state index is 13.9.